The van der Waals surface area contributed by atoms with Crippen LogP contribution < -0.4 is 34.7 Å². The molecule has 0 radical (unpaired) electrons. The van der Waals surface area contributed by atoms with Crippen LogP contribution in [0.3, 0.4) is 0 Å². The summed E-state index contributed by atoms with van der Waals surface area (Å²) >= 11 is 0. The van der Waals surface area contributed by atoms with E-state index < -0.39 is 25.3 Å². The van der Waals surface area contributed by atoms with Gasteiger partial charge in [-0.05, 0) is 6.90 Å². The first-order valence-corrected chi connectivity index (χ1v) is 1.49. The standard InChI is InChI=1S/C4H8O3.Na/c1-3(5)2-4(6)7;/h3,5H,2H2,1H3,(H,6,7);/q;+1/p-1/t3-;/m1./s1/i1D,2D2,3D;. The van der Waals surface area contributed by atoms with Crippen LogP contribution >= 0.6 is 0 Å². The molecule has 0 aromatic rings. The molecule has 1 N–H and O–H groups in total. The van der Waals surface area contributed by atoms with Crippen LogP contribution in [0, 0.1) is 0 Å². The summed E-state index contributed by atoms with van der Waals surface area (Å²) in [5.41, 5.74) is 0. The van der Waals surface area contributed by atoms with Crippen molar-refractivity contribution in [2.24, 2.45) is 0 Å². The molecule has 0 saturated carbocycles. The second kappa shape index (κ2) is 5.56. The topological polar surface area (TPSA) is 60.4 Å². The Bertz CT molecular complexity index is 172. The van der Waals surface area contributed by atoms with E-state index >= 15 is 0 Å². The van der Waals surface area contributed by atoms with E-state index in [1.165, 1.54) is 0 Å². The second-order valence-electron chi connectivity index (χ2n) is 0.859. The van der Waals surface area contributed by atoms with Crippen molar-refractivity contribution < 1.29 is 50.0 Å². The SMILES string of the molecule is [2H]C[C@@]([2H])(O)C([2H])([2H])C(=O)[O-].[Na+]. The third kappa shape index (κ3) is 9.66. The Kier molecular flexibility index (Phi) is 2.98. The molecule has 0 aromatic carbocycles. The molecule has 0 aliphatic carbocycles. The fraction of sp³-hybridized carbons (Fsp3) is 0.750. The summed E-state index contributed by atoms with van der Waals surface area (Å²) in [6.45, 7) is -1.06. The predicted molar refractivity (Wildman–Crippen MR) is 21.3 cm³/mol. The number of aliphatic hydroxyl groups is 1. The van der Waals surface area contributed by atoms with Crippen molar-refractivity contribution >= 4 is 5.97 Å². The normalized spacial score (nSPS) is 24.6. The zero-order valence-corrected chi connectivity index (χ0v) is 6.47. The summed E-state index contributed by atoms with van der Waals surface area (Å²) in [5.74, 6) is -2.19. The Morgan fingerprint density at radius 1 is 2.38 bits per heavy atom. The third-order valence-electron chi connectivity index (χ3n) is 0.246. The Morgan fingerprint density at radius 2 is 2.88 bits per heavy atom. The van der Waals surface area contributed by atoms with E-state index in [0.717, 1.165) is 0 Å². The zero-order valence-electron chi connectivity index (χ0n) is 8.47. The van der Waals surface area contributed by atoms with Gasteiger partial charge in [-0.2, -0.15) is 0 Å². The van der Waals surface area contributed by atoms with Gasteiger partial charge in [0.2, 0.25) is 0 Å². The summed E-state index contributed by atoms with van der Waals surface area (Å²) in [7, 11) is 0. The Balaban J connectivity index is 0. The molecular formula is C4H7NaO3. The Morgan fingerprint density at radius 3 is 3.00 bits per heavy atom. The molecule has 0 bridgehead atoms. The smallest absolute Gasteiger partial charge is 0.550 e. The molecule has 0 amide bonds. The maximum absolute atomic E-state index is 9.98. The van der Waals surface area contributed by atoms with Gasteiger partial charge in [-0.3, -0.25) is 0 Å². The van der Waals surface area contributed by atoms with Crippen molar-refractivity contribution in [3.63, 3.8) is 0 Å². The van der Waals surface area contributed by atoms with Gasteiger partial charge in [0.25, 0.3) is 0 Å². The number of aliphatic carboxylic acids is 1. The van der Waals surface area contributed by atoms with Gasteiger partial charge in [0, 0.05) is 16.5 Å². The maximum Gasteiger partial charge on any atom is 1.00 e. The van der Waals surface area contributed by atoms with Gasteiger partial charge in [-0.25, -0.2) is 0 Å². The van der Waals surface area contributed by atoms with Crippen molar-refractivity contribution in [1.29, 1.82) is 0 Å². The van der Waals surface area contributed by atoms with E-state index in [0.29, 0.717) is 0 Å². The van der Waals surface area contributed by atoms with E-state index in [1.54, 1.807) is 0 Å². The van der Waals surface area contributed by atoms with Crippen LogP contribution in [0.1, 0.15) is 18.8 Å². The van der Waals surface area contributed by atoms with Crippen LogP contribution in [0.2, 0.25) is 0 Å². The van der Waals surface area contributed by atoms with Crippen molar-refractivity contribution in [2.45, 2.75) is 19.4 Å². The minimum Gasteiger partial charge on any atom is -0.550 e. The molecule has 0 spiro atoms. The number of carboxylic acids is 1. The third-order valence-corrected chi connectivity index (χ3v) is 0.246. The number of carbonyl (C=O) groups is 1. The molecule has 0 saturated heterocycles. The van der Waals surface area contributed by atoms with Gasteiger partial charge in [0.1, 0.15) is 0 Å². The number of hydrogen-bond donors (Lipinski definition) is 1. The first-order valence-electron chi connectivity index (χ1n) is 3.69. The van der Waals surface area contributed by atoms with Gasteiger partial charge in [-0.1, -0.05) is 0 Å². The average Bonchev–Trinajstić information content (AvgIpc) is 1.87. The second-order valence-corrected chi connectivity index (χ2v) is 0.859. The van der Waals surface area contributed by atoms with Crippen LogP contribution in [0.15, 0.2) is 0 Å². The summed E-state index contributed by atoms with van der Waals surface area (Å²) in [5, 5.41) is 18.7. The molecule has 8 heavy (non-hydrogen) atoms. The summed E-state index contributed by atoms with van der Waals surface area (Å²) in [4.78, 5) is 9.98. The van der Waals surface area contributed by atoms with Gasteiger partial charge >= 0.3 is 29.6 Å². The molecule has 0 unspecified atom stereocenters. The average molecular weight is 130 g/mol. The molecule has 1 atom stereocenters. The molecule has 42 valence electrons. The number of rotatable bonds is 2. The molecule has 0 heterocycles. The molecule has 0 aliphatic rings. The summed E-state index contributed by atoms with van der Waals surface area (Å²) < 4.78 is 26.4. The number of carboxylic acid groups (broad SMARTS) is 1. The summed E-state index contributed by atoms with van der Waals surface area (Å²) in [6.07, 6.45) is -6.17. The van der Waals surface area contributed by atoms with E-state index in [-0.39, 0.29) is 29.6 Å². The molecule has 0 aromatic heterocycles. The molecular weight excluding hydrogens is 119 g/mol. The van der Waals surface area contributed by atoms with Crippen molar-refractivity contribution in [3.8, 4) is 0 Å². The first kappa shape index (κ1) is 4.28. The Hall–Kier alpha value is 0.430. The fourth-order valence-electron chi connectivity index (χ4n) is 0.118. The minimum absolute atomic E-state index is 0. The van der Waals surface area contributed by atoms with Gasteiger partial charge < -0.3 is 15.0 Å². The van der Waals surface area contributed by atoms with Crippen LogP contribution in [0.25, 0.3) is 0 Å². The van der Waals surface area contributed by atoms with E-state index in [9.17, 15) is 9.90 Å². The van der Waals surface area contributed by atoms with E-state index in [2.05, 4.69) is 0 Å². The quantitative estimate of drug-likeness (QED) is 0.383. The maximum atomic E-state index is 9.98. The van der Waals surface area contributed by atoms with Crippen molar-refractivity contribution in [2.75, 3.05) is 0 Å². The first-order chi connectivity index (χ1) is 4.75. The van der Waals surface area contributed by atoms with Gasteiger partial charge in [-0.15, -0.1) is 0 Å². The number of carbonyl (C=O) groups excluding carboxylic acids is 1. The molecule has 0 aliphatic heterocycles. The largest absolute Gasteiger partial charge is 1.00 e. The van der Waals surface area contributed by atoms with E-state index in [4.69, 9.17) is 10.6 Å². The van der Waals surface area contributed by atoms with Crippen molar-refractivity contribution in [1.82, 2.24) is 0 Å². The Labute approximate surface area is 75.6 Å². The van der Waals surface area contributed by atoms with Gasteiger partial charge in [0.05, 0.1) is 7.45 Å². The predicted octanol–water partition coefficient (Wildman–Crippen LogP) is -4.49. The van der Waals surface area contributed by atoms with E-state index in [1.807, 2.05) is 0 Å². The monoisotopic (exact) mass is 130 g/mol. The van der Waals surface area contributed by atoms with Crippen LogP contribution in [0.4, 0.5) is 0 Å². The van der Waals surface area contributed by atoms with Crippen molar-refractivity contribution in [3.05, 3.63) is 0 Å². The zero-order chi connectivity index (χ0) is 9.28. The molecule has 3 nitrogen and oxygen atoms in total. The fourth-order valence-corrected chi connectivity index (χ4v) is 0.118. The number of hydrogen-bond acceptors (Lipinski definition) is 3. The molecule has 4 heteroatoms. The molecule has 0 fully saturated rings. The molecule has 0 rings (SSSR count). The van der Waals surface area contributed by atoms with Crippen LogP contribution in [-0.2, 0) is 4.79 Å². The van der Waals surface area contributed by atoms with Crippen LogP contribution in [-0.4, -0.2) is 17.2 Å². The van der Waals surface area contributed by atoms with Gasteiger partial charge in [0.15, 0.2) is 0 Å². The van der Waals surface area contributed by atoms with Crippen LogP contribution in [0.5, 0.6) is 0 Å². The minimum atomic E-state index is -3.21. The summed E-state index contributed by atoms with van der Waals surface area (Å²) in [6, 6.07) is 0.